The molecule has 3 aliphatic carbocycles. The second kappa shape index (κ2) is 9.70. The highest BCUT2D eigenvalue weighted by Gasteiger charge is 2.67. The Kier molecular flexibility index (Phi) is 7.69. The Bertz CT molecular complexity index is 1030. The Morgan fingerprint density at radius 2 is 1.72 bits per heavy atom. The summed E-state index contributed by atoms with van der Waals surface area (Å²) in [6.07, 6.45) is 10.2. The van der Waals surface area contributed by atoms with Crippen molar-refractivity contribution < 1.29 is 30.0 Å². The molecule has 0 spiro atoms. The monoisotopic (exact) mass is 500 g/mol. The summed E-state index contributed by atoms with van der Waals surface area (Å²) in [6, 6.07) is 0. The van der Waals surface area contributed by atoms with Gasteiger partial charge in [-0.05, 0) is 83.1 Å². The van der Waals surface area contributed by atoms with Gasteiger partial charge >= 0.3 is 5.97 Å². The molecule has 200 valence electrons. The van der Waals surface area contributed by atoms with Gasteiger partial charge in [-0.1, -0.05) is 49.8 Å². The van der Waals surface area contributed by atoms with Gasteiger partial charge in [0.05, 0.1) is 17.1 Å². The minimum Gasteiger partial charge on any atom is -0.481 e. The predicted molar refractivity (Wildman–Crippen MR) is 140 cm³/mol. The molecule has 0 bridgehead atoms. The summed E-state index contributed by atoms with van der Waals surface area (Å²) in [5.74, 6) is -0.933. The average Bonchev–Trinajstić information content (AvgIpc) is 3.05. The van der Waals surface area contributed by atoms with Gasteiger partial charge in [-0.3, -0.25) is 9.59 Å². The van der Waals surface area contributed by atoms with E-state index in [4.69, 9.17) is 0 Å². The smallest absolute Gasteiger partial charge is 0.312 e. The molecule has 1 unspecified atom stereocenters. The van der Waals surface area contributed by atoms with Gasteiger partial charge in [0.15, 0.2) is 5.78 Å². The lowest BCUT2D eigenvalue weighted by molar-refractivity contribution is -0.194. The van der Waals surface area contributed by atoms with Crippen molar-refractivity contribution in [2.24, 2.45) is 28.1 Å². The molecule has 7 atom stereocenters. The number of aliphatic hydroxyl groups excluding tert-OH is 2. The number of carbonyl (C=O) groups is 2. The lowest BCUT2D eigenvalue weighted by Gasteiger charge is -2.61. The second-order valence-electron chi connectivity index (χ2n) is 12.6. The first-order valence-electron chi connectivity index (χ1n) is 13.1. The number of aliphatic hydroxyl groups is 3. The van der Waals surface area contributed by atoms with E-state index in [-0.39, 0.29) is 28.4 Å². The van der Waals surface area contributed by atoms with Gasteiger partial charge in [0, 0.05) is 17.4 Å². The van der Waals surface area contributed by atoms with Crippen LogP contribution >= 0.6 is 0 Å². The summed E-state index contributed by atoms with van der Waals surface area (Å²) in [5.41, 5.74) is -0.392. The van der Waals surface area contributed by atoms with Crippen LogP contribution in [0.25, 0.3) is 0 Å². The third-order valence-electron chi connectivity index (χ3n) is 9.75. The molecule has 0 saturated heterocycles. The van der Waals surface area contributed by atoms with Crippen molar-refractivity contribution in [3.63, 3.8) is 0 Å². The van der Waals surface area contributed by atoms with E-state index >= 15 is 0 Å². The van der Waals surface area contributed by atoms with E-state index in [2.05, 4.69) is 13.8 Å². The molecular weight excluding hydrogens is 456 g/mol. The summed E-state index contributed by atoms with van der Waals surface area (Å²) in [5, 5.41) is 40.6. The maximum absolute atomic E-state index is 13.4. The summed E-state index contributed by atoms with van der Waals surface area (Å²) >= 11 is 0. The Balaban J connectivity index is 1.89. The van der Waals surface area contributed by atoms with Gasteiger partial charge in [-0.15, -0.1) is 0 Å². The number of hydrogen-bond donors (Lipinski definition) is 4. The quantitative estimate of drug-likeness (QED) is 0.309. The fourth-order valence-electron chi connectivity index (χ4n) is 7.52. The molecule has 3 rings (SSSR count). The number of allylic oxidation sites excluding steroid dienone is 7. The zero-order valence-corrected chi connectivity index (χ0v) is 22.8. The lowest BCUT2D eigenvalue weighted by Crippen LogP contribution is -2.61. The van der Waals surface area contributed by atoms with Gasteiger partial charge < -0.3 is 20.4 Å². The molecule has 6 nitrogen and oxygen atoms in total. The van der Waals surface area contributed by atoms with Crippen molar-refractivity contribution in [1.29, 1.82) is 0 Å². The van der Waals surface area contributed by atoms with E-state index in [1.165, 1.54) is 0 Å². The minimum atomic E-state index is -1.21. The van der Waals surface area contributed by atoms with Gasteiger partial charge in [-0.2, -0.15) is 0 Å². The maximum Gasteiger partial charge on any atom is 0.312 e. The van der Waals surface area contributed by atoms with E-state index < -0.39 is 29.2 Å². The molecule has 6 heteroatoms. The number of carboxylic acid groups (broad SMARTS) is 1. The molecule has 36 heavy (non-hydrogen) atoms. The van der Waals surface area contributed by atoms with Crippen LogP contribution in [0.3, 0.4) is 0 Å². The van der Waals surface area contributed by atoms with Crippen molar-refractivity contribution in [2.45, 2.75) is 98.4 Å². The number of carboxylic acids is 1. The standard InChI is InChI=1S/C30H44O6/c1-18(11-12-23(32)27(3,4)36)9-8-10-19(2)25-20(31)17-22-28(5)16-14-24(33)30(7,26(34)35)21(28)13-15-29(22,25)6/h8-12,21-24,32-33,36H,13-17H2,1-7H3,(H,34,35)/b10-8?,12-11+,18-9?,25-19?/t21-,22+,23?,24-,28+,29+,30-/m1/s1. The zero-order valence-electron chi connectivity index (χ0n) is 22.8. The number of rotatable bonds is 6. The minimum absolute atomic E-state index is 0.0457. The Morgan fingerprint density at radius 3 is 2.31 bits per heavy atom. The highest BCUT2D eigenvalue weighted by atomic mass is 16.4. The molecule has 0 aromatic carbocycles. The Morgan fingerprint density at radius 1 is 1.08 bits per heavy atom. The van der Waals surface area contributed by atoms with E-state index in [1.54, 1.807) is 32.9 Å². The number of aliphatic carboxylic acids is 1. The normalized spacial score (nSPS) is 39.9. The summed E-state index contributed by atoms with van der Waals surface area (Å²) in [4.78, 5) is 25.7. The maximum atomic E-state index is 13.4. The first kappa shape index (κ1) is 28.5. The average molecular weight is 501 g/mol. The molecular formula is C30H44O6. The van der Waals surface area contributed by atoms with Crippen LogP contribution in [0.1, 0.15) is 80.6 Å². The molecule has 0 heterocycles. The van der Waals surface area contributed by atoms with E-state index in [1.807, 2.05) is 32.1 Å². The van der Waals surface area contributed by atoms with E-state index in [0.29, 0.717) is 19.3 Å². The van der Waals surface area contributed by atoms with E-state index in [0.717, 1.165) is 29.6 Å². The molecule has 0 aliphatic heterocycles. The number of ketones is 1. The van der Waals surface area contributed by atoms with Crippen LogP contribution in [0.5, 0.6) is 0 Å². The number of carbonyl (C=O) groups excluding carboxylic acids is 1. The fraction of sp³-hybridized carbons (Fsp3) is 0.667. The van der Waals surface area contributed by atoms with Crippen molar-refractivity contribution in [1.82, 2.24) is 0 Å². The third kappa shape index (κ3) is 4.68. The highest BCUT2D eigenvalue weighted by Crippen LogP contribution is 2.69. The molecule has 4 N–H and O–H groups in total. The van der Waals surface area contributed by atoms with Crippen LogP contribution in [0.2, 0.25) is 0 Å². The molecule has 3 fully saturated rings. The van der Waals surface area contributed by atoms with Crippen molar-refractivity contribution >= 4 is 11.8 Å². The summed E-state index contributed by atoms with van der Waals surface area (Å²) in [7, 11) is 0. The van der Waals surface area contributed by atoms with Gasteiger partial charge in [0.25, 0.3) is 0 Å². The van der Waals surface area contributed by atoms with Crippen molar-refractivity contribution in [3.8, 4) is 0 Å². The van der Waals surface area contributed by atoms with Crippen LogP contribution in [0, 0.1) is 28.1 Å². The molecule has 3 saturated carbocycles. The van der Waals surface area contributed by atoms with Crippen LogP contribution in [-0.2, 0) is 9.59 Å². The largest absolute Gasteiger partial charge is 0.481 e. The van der Waals surface area contributed by atoms with Crippen LogP contribution in [0.4, 0.5) is 0 Å². The molecule has 0 aromatic heterocycles. The zero-order chi connectivity index (χ0) is 27.3. The van der Waals surface area contributed by atoms with Gasteiger partial charge in [0.1, 0.15) is 6.10 Å². The Hall–Kier alpha value is -2.02. The Labute approximate surface area is 215 Å². The van der Waals surface area contributed by atoms with Crippen LogP contribution in [-0.4, -0.2) is 50.0 Å². The lowest BCUT2D eigenvalue weighted by atomic mass is 9.43. The van der Waals surface area contributed by atoms with Crippen LogP contribution < -0.4 is 0 Å². The van der Waals surface area contributed by atoms with Crippen molar-refractivity contribution in [2.75, 3.05) is 0 Å². The topological polar surface area (TPSA) is 115 Å². The SMILES string of the molecule is CC(=CC=CC(C)=C1C(=O)C[C@H]2[C@@]3(C)CC[C@@H](O)[C@](C)(C(=O)O)[C@@H]3CC[C@]12C)/C=C/C(O)C(C)(C)O. The predicted octanol–water partition coefficient (Wildman–Crippen LogP) is 4.75. The van der Waals surface area contributed by atoms with Gasteiger partial charge in [-0.25, -0.2) is 0 Å². The fourth-order valence-corrected chi connectivity index (χ4v) is 7.52. The summed E-state index contributed by atoms with van der Waals surface area (Å²) in [6.45, 7) is 13.0. The first-order valence-corrected chi connectivity index (χ1v) is 13.1. The molecule has 0 aromatic rings. The van der Waals surface area contributed by atoms with Crippen molar-refractivity contribution in [3.05, 3.63) is 47.1 Å². The van der Waals surface area contributed by atoms with E-state index in [9.17, 15) is 30.0 Å². The molecule has 0 amide bonds. The van der Waals surface area contributed by atoms with Crippen LogP contribution in [0.15, 0.2) is 47.1 Å². The second-order valence-corrected chi connectivity index (χ2v) is 12.6. The summed E-state index contributed by atoms with van der Waals surface area (Å²) < 4.78 is 0. The first-order chi connectivity index (χ1) is 16.5. The third-order valence-corrected chi connectivity index (χ3v) is 9.75. The van der Waals surface area contributed by atoms with Gasteiger partial charge in [0.2, 0.25) is 0 Å². The number of hydrogen-bond acceptors (Lipinski definition) is 5. The molecule has 0 radical (unpaired) electrons. The number of fused-ring (bicyclic) bond motifs is 3. The highest BCUT2D eigenvalue weighted by molar-refractivity contribution is 6.01. The molecule has 3 aliphatic rings. The number of Topliss-reactive ketones (excluding diaryl/α,β-unsaturated/α-hetero) is 1.